The van der Waals surface area contributed by atoms with Crippen LogP contribution in [0.4, 0.5) is 0 Å². The van der Waals surface area contributed by atoms with E-state index in [0.29, 0.717) is 13.2 Å². The third-order valence-electron chi connectivity index (χ3n) is 3.00. The Labute approximate surface area is 125 Å². The van der Waals surface area contributed by atoms with Gasteiger partial charge in [0.2, 0.25) is 0 Å². The molecule has 2 rings (SSSR count). The summed E-state index contributed by atoms with van der Waals surface area (Å²) in [6, 6.07) is 13.8. The lowest BCUT2D eigenvalue weighted by atomic mass is 10.1. The van der Waals surface area contributed by atoms with Gasteiger partial charge in [0, 0.05) is 5.56 Å². The van der Waals surface area contributed by atoms with E-state index in [2.05, 4.69) is 11.8 Å². The summed E-state index contributed by atoms with van der Waals surface area (Å²) in [7, 11) is 1.65. The molecule has 2 aromatic rings. The molecule has 2 aromatic carbocycles. The minimum atomic E-state index is 0.373. The normalized spacial score (nSPS) is 9.67. The number of hydrogen-bond donors (Lipinski definition) is 1. The Bertz CT molecular complexity index is 651. The fourth-order valence-electron chi connectivity index (χ4n) is 1.89. The molecule has 0 unspecified atom stereocenters. The van der Waals surface area contributed by atoms with E-state index >= 15 is 0 Å². The van der Waals surface area contributed by atoms with E-state index in [0.717, 1.165) is 28.2 Å². The highest BCUT2D eigenvalue weighted by molar-refractivity contribution is 5.43. The van der Waals surface area contributed by atoms with Gasteiger partial charge in [-0.05, 0) is 42.3 Å². The van der Waals surface area contributed by atoms with Gasteiger partial charge < -0.3 is 15.2 Å². The fraction of sp³-hybridized carbons (Fsp3) is 0.222. The molecule has 0 saturated heterocycles. The second-order valence-electron chi connectivity index (χ2n) is 4.65. The molecule has 0 fully saturated rings. The zero-order chi connectivity index (χ0) is 15.1. The van der Waals surface area contributed by atoms with Crippen molar-refractivity contribution >= 4 is 0 Å². The van der Waals surface area contributed by atoms with Crippen LogP contribution >= 0.6 is 0 Å². The molecule has 108 valence electrons. The van der Waals surface area contributed by atoms with Crippen molar-refractivity contribution < 1.29 is 9.47 Å². The largest absolute Gasteiger partial charge is 0.493 e. The van der Waals surface area contributed by atoms with Crippen molar-refractivity contribution in [3.05, 3.63) is 59.2 Å². The molecule has 3 heteroatoms. The summed E-state index contributed by atoms with van der Waals surface area (Å²) >= 11 is 0. The van der Waals surface area contributed by atoms with Gasteiger partial charge in [0.25, 0.3) is 0 Å². The molecule has 0 aliphatic carbocycles. The summed E-state index contributed by atoms with van der Waals surface area (Å²) in [6.07, 6.45) is 0. The Kier molecular flexibility index (Phi) is 5.25. The van der Waals surface area contributed by atoms with E-state index in [4.69, 9.17) is 15.2 Å². The average molecular weight is 281 g/mol. The molecule has 0 spiro atoms. The van der Waals surface area contributed by atoms with Crippen LogP contribution < -0.4 is 15.2 Å². The average Bonchev–Trinajstić information content (AvgIpc) is 2.52. The lowest BCUT2D eigenvalue weighted by Gasteiger charge is -2.11. The van der Waals surface area contributed by atoms with Gasteiger partial charge in [-0.15, -0.1) is 0 Å². The first-order chi connectivity index (χ1) is 10.2. The SMILES string of the molecule is COc1cc(C)ccc1OCc1ccc(C#CCN)cc1. The van der Waals surface area contributed by atoms with Crippen LogP contribution in [0.3, 0.4) is 0 Å². The van der Waals surface area contributed by atoms with E-state index in [9.17, 15) is 0 Å². The molecule has 0 heterocycles. The topological polar surface area (TPSA) is 44.5 Å². The number of nitrogens with two attached hydrogens (primary N) is 1. The van der Waals surface area contributed by atoms with Gasteiger partial charge in [0.15, 0.2) is 11.5 Å². The zero-order valence-electron chi connectivity index (χ0n) is 12.3. The van der Waals surface area contributed by atoms with E-state index in [1.54, 1.807) is 7.11 Å². The molecule has 0 atom stereocenters. The van der Waals surface area contributed by atoms with Crippen LogP contribution in [0, 0.1) is 18.8 Å². The molecule has 21 heavy (non-hydrogen) atoms. The summed E-state index contributed by atoms with van der Waals surface area (Å²) in [6.45, 7) is 2.88. The van der Waals surface area contributed by atoms with Gasteiger partial charge >= 0.3 is 0 Å². The lowest BCUT2D eigenvalue weighted by molar-refractivity contribution is 0.284. The number of rotatable bonds is 4. The van der Waals surface area contributed by atoms with E-state index in [1.807, 2.05) is 49.4 Å². The third-order valence-corrected chi connectivity index (χ3v) is 3.00. The number of aryl methyl sites for hydroxylation is 1. The Hall–Kier alpha value is -2.44. The highest BCUT2D eigenvalue weighted by Crippen LogP contribution is 2.28. The van der Waals surface area contributed by atoms with Crippen molar-refractivity contribution in [2.45, 2.75) is 13.5 Å². The molecule has 0 radical (unpaired) electrons. The molecule has 0 bridgehead atoms. The quantitative estimate of drug-likeness (QED) is 0.876. The Morgan fingerprint density at radius 2 is 1.81 bits per heavy atom. The van der Waals surface area contributed by atoms with Crippen LogP contribution in [0.5, 0.6) is 11.5 Å². The maximum Gasteiger partial charge on any atom is 0.161 e. The van der Waals surface area contributed by atoms with Crippen LogP contribution in [0.2, 0.25) is 0 Å². The minimum absolute atomic E-state index is 0.373. The maximum absolute atomic E-state index is 5.81. The minimum Gasteiger partial charge on any atom is -0.493 e. The predicted molar refractivity (Wildman–Crippen MR) is 84.4 cm³/mol. The van der Waals surface area contributed by atoms with Crippen molar-refractivity contribution in [1.29, 1.82) is 0 Å². The van der Waals surface area contributed by atoms with Gasteiger partial charge in [0.05, 0.1) is 13.7 Å². The second-order valence-corrected chi connectivity index (χ2v) is 4.65. The Morgan fingerprint density at radius 3 is 2.48 bits per heavy atom. The molecule has 0 aromatic heterocycles. The van der Waals surface area contributed by atoms with Crippen molar-refractivity contribution in [2.24, 2.45) is 5.73 Å². The Morgan fingerprint density at radius 1 is 1.05 bits per heavy atom. The van der Waals surface area contributed by atoms with Crippen LogP contribution in [0.1, 0.15) is 16.7 Å². The highest BCUT2D eigenvalue weighted by Gasteiger charge is 2.04. The van der Waals surface area contributed by atoms with Gasteiger partial charge in [-0.3, -0.25) is 0 Å². The summed E-state index contributed by atoms with van der Waals surface area (Å²) in [5.41, 5.74) is 8.53. The van der Waals surface area contributed by atoms with Crippen molar-refractivity contribution in [2.75, 3.05) is 13.7 Å². The monoisotopic (exact) mass is 281 g/mol. The predicted octanol–water partition coefficient (Wildman–Crippen LogP) is 2.89. The number of benzene rings is 2. The highest BCUT2D eigenvalue weighted by atomic mass is 16.5. The third kappa shape index (κ3) is 4.27. The molecule has 2 N–H and O–H groups in total. The number of hydrogen-bond acceptors (Lipinski definition) is 3. The molecular weight excluding hydrogens is 262 g/mol. The van der Waals surface area contributed by atoms with Crippen molar-refractivity contribution in [3.63, 3.8) is 0 Å². The summed E-state index contributed by atoms with van der Waals surface area (Å²) in [5, 5.41) is 0. The molecule has 0 aliphatic rings. The number of methoxy groups -OCH3 is 1. The Balaban J connectivity index is 2.03. The van der Waals surface area contributed by atoms with Crippen molar-refractivity contribution in [1.82, 2.24) is 0 Å². The first-order valence-corrected chi connectivity index (χ1v) is 6.78. The molecule has 0 amide bonds. The van der Waals surface area contributed by atoms with E-state index < -0.39 is 0 Å². The molecule has 0 aliphatic heterocycles. The summed E-state index contributed by atoms with van der Waals surface area (Å²) < 4.78 is 11.1. The van der Waals surface area contributed by atoms with Crippen LogP contribution in [-0.2, 0) is 6.61 Å². The molecule has 0 saturated carbocycles. The van der Waals surface area contributed by atoms with Crippen LogP contribution in [-0.4, -0.2) is 13.7 Å². The summed E-state index contributed by atoms with van der Waals surface area (Å²) in [4.78, 5) is 0. The first-order valence-electron chi connectivity index (χ1n) is 6.78. The van der Waals surface area contributed by atoms with Gasteiger partial charge in [-0.25, -0.2) is 0 Å². The van der Waals surface area contributed by atoms with Crippen molar-refractivity contribution in [3.8, 4) is 23.3 Å². The number of ether oxygens (including phenoxy) is 2. The lowest BCUT2D eigenvalue weighted by Crippen LogP contribution is -1.98. The van der Waals surface area contributed by atoms with E-state index in [-0.39, 0.29) is 0 Å². The van der Waals surface area contributed by atoms with Crippen LogP contribution in [0.15, 0.2) is 42.5 Å². The fourth-order valence-corrected chi connectivity index (χ4v) is 1.89. The van der Waals surface area contributed by atoms with Gasteiger partial charge in [-0.1, -0.05) is 30.0 Å². The van der Waals surface area contributed by atoms with Gasteiger partial charge in [-0.2, -0.15) is 0 Å². The maximum atomic E-state index is 5.81. The standard InChI is InChI=1S/C18H19NO2/c1-14-5-10-17(18(12-14)20-2)21-13-16-8-6-15(7-9-16)4-3-11-19/h5-10,12H,11,13,19H2,1-2H3. The molecular formula is C18H19NO2. The second kappa shape index (κ2) is 7.37. The van der Waals surface area contributed by atoms with Crippen LogP contribution in [0.25, 0.3) is 0 Å². The smallest absolute Gasteiger partial charge is 0.161 e. The molecule has 3 nitrogen and oxygen atoms in total. The zero-order valence-corrected chi connectivity index (χ0v) is 12.3. The van der Waals surface area contributed by atoms with Gasteiger partial charge in [0.1, 0.15) is 6.61 Å². The summed E-state index contributed by atoms with van der Waals surface area (Å²) in [5.74, 6) is 7.32. The first kappa shape index (κ1) is 15.0. The van der Waals surface area contributed by atoms with E-state index in [1.165, 1.54) is 0 Å².